The number of hydrogen-bond donors (Lipinski definition) is 1. The molecule has 0 saturated heterocycles. The number of nitrogens with one attached hydrogen (secondary N) is 1. The van der Waals surface area contributed by atoms with Crippen molar-refractivity contribution in [1.29, 1.82) is 0 Å². The average molecular weight is 637 g/mol. The van der Waals surface area contributed by atoms with Crippen LogP contribution in [0, 0.1) is 5.41 Å². The van der Waals surface area contributed by atoms with Crippen LogP contribution in [-0.4, -0.2) is 81.5 Å². The minimum atomic E-state index is -4.09. The molecule has 3 aromatic rings. The quantitative estimate of drug-likeness (QED) is 0.446. The molecule has 2 aromatic carbocycles. The van der Waals surface area contributed by atoms with E-state index in [1.54, 1.807) is 24.1 Å². The molecule has 11 heteroatoms. The maximum atomic E-state index is 14.5. The Morgan fingerprint density at radius 3 is 2.51 bits per heavy atom. The number of carbonyl (C=O) groups excluding carboxylic acids is 2. The van der Waals surface area contributed by atoms with Gasteiger partial charge >= 0.3 is 10.2 Å². The monoisotopic (exact) mass is 636 g/mol. The highest BCUT2D eigenvalue weighted by atomic mass is 32.2. The number of likely N-dealkylation sites (N-methyl/N-ethyl adjacent to an activating group) is 2. The molecule has 0 radical (unpaired) electrons. The topological polar surface area (TPSA) is 110 Å². The van der Waals surface area contributed by atoms with Crippen molar-refractivity contribution in [3.05, 3.63) is 53.1 Å². The molecule has 2 aliphatic heterocycles. The third kappa shape index (κ3) is 5.74. The molecule has 6 rings (SSSR count). The molecule has 1 aromatic heterocycles. The van der Waals surface area contributed by atoms with Crippen molar-refractivity contribution in [2.75, 3.05) is 47.5 Å². The van der Waals surface area contributed by atoms with Crippen LogP contribution in [0.5, 0.6) is 5.75 Å². The number of benzene rings is 2. The van der Waals surface area contributed by atoms with Gasteiger partial charge in [-0.25, -0.2) is 4.72 Å². The zero-order valence-electron chi connectivity index (χ0n) is 26.7. The van der Waals surface area contributed by atoms with E-state index in [9.17, 15) is 18.0 Å². The molecule has 1 N–H and O–H groups in total. The van der Waals surface area contributed by atoms with Gasteiger partial charge in [-0.3, -0.25) is 9.59 Å². The van der Waals surface area contributed by atoms with Crippen molar-refractivity contribution in [3.8, 4) is 17.0 Å². The van der Waals surface area contributed by atoms with Crippen LogP contribution in [0.15, 0.2) is 36.4 Å². The summed E-state index contributed by atoms with van der Waals surface area (Å²) in [6, 6.07) is 11.7. The van der Waals surface area contributed by atoms with Gasteiger partial charge in [-0.2, -0.15) is 12.7 Å². The zero-order valence-corrected chi connectivity index (χ0v) is 27.5. The fourth-order valence-electron chi connectivity index (χ4n) is 7.48. The molecule has 1 unspecified atom stereocenters. The normalized spacial score (nSPS) is 23.5. The Labute approximate surface area is 265 Å². The molecule has 1 atom stereocenters. The van der Waals surface area contributed by atoms with Gasteiger partial charge in [-0.1, -0.05) is 32.3 Å². The fraction of sp³-hybridized carbons (Fsp3) is 0.529. The van der Waals surface area contributed by atoms with E-state index in [0.29, 0.717) is 31.8 Å². The van der Waals surface area contributed by atoms with E-state index in [4.69, 9.17) is 9.47 Å². The Morgan fingerprint density at radius 2 is 1.78 bits per heavy atom. The first-order valence-electron chi connectivity index (χ1n) is 16.0. The summed E-state index contributed by atoms with van der Waals surface area (Å²) in [4.78, 5) is 29.8. The van der Waals surface area contributed by atoms with Crippen molar-refractivity contribution in [1.82, 2.24) is 18.5 Å². The minimum Gasteiger partial charge on any atom is -0.497 e. The molecule has 1 saturated carbocycles. The molecule has 1 aliphatic carbocycles. The predicted molar refractivity (Wildman–Crippen MR) is 174 cm³/mol. The van der Waals surface area contributed by atoms with E-state index in [-0.39, 0.29) is 31.2 Å². The van der Waals surface area contributed by atoms with Crippen molar-refractivity contribution < 1.29 is 27.5 Å². The SMILES string of the molecule is CCC12Cc3cc(OC)ccc3-c3c(C4CCCCC4)c4ccc(cc4n3C1)C(=O)NS(=O)(=O)N(C)CCOCCN(C)C2=O. The number of hydrogen-bond acceptors (Lipinski definition) is 6. The first-order chi connectivity index (χ1) is 21.6. The molecule has 1 fully saturated rings. The van der Waals surface area contributed by atoms with Crippen LogP contribution < -0.4 is 9.46 Å². The molecule has 3 aliphatic rings. The van der Waals surface area contributed by atoms with Gasteiger partial charge in [-0.05, 0) is 73.1 Å². The number of amides is 2. The molecule has 3 heterocycles. The fourth-order valence-corrected chi connectivity index (χ4v) is 8.31. The molecular formula is C34H44N4O6S. The third-order valence-electron chi connectivity index (χ3n) is 10.2. The highest BCUT2D eigenvalue weighted by Crippen LogP contribution is 2.49. The average Bonchev–Trinajstić information content (AvgIpc) is 3.27. The summed E-state index contributed by atoms with van der Waals surface area (Å²) in [5, 5.41) is 1.05. The number of fused-ring (bicyclic) bond motifs is 4. The van der Waals surface area contributed by atoms with Gasteiger partial charge in [0, 0.05) is 55.8 Å². The van der Waals surface area contributed by atoms with Crippen LogP contribution in [0.1, 0.15) is 72.9 Å². The standard InChI is InChI=1S/C34H44N4O6S/c1-5-34-21-25-19-26(43-4)12-14-27(25)31-30(23-9-7-6-8-10-23)28-13-11-24(20-29(28)38(31)22-34)32(39)35-45(41,42)37(3)16-18-44-17-15-36(2)33(34)40/h11-14,19-20,23H,5-10,15-18,21-22H2,1-4H3,(H,35,39). The number of methoxy groups -OCH3 is 1. The smallest absolute Gasteiger partial charge is 0.303 e. The lowest BCUT2D eigenvalue weighted by atomic mass is 9.76. The van der Waals surface area contributed by atoms with Crippen LogP contribution in [0.25, 0.3) is 22.2 Å². The number of carbonyl (C=O) groups is 2. The Kier molecular flexibility index (Phi) is 8.71. The first kappa shape index (κ1) is 31.6. The van der Waals surface area contributed by atoms with Crippen molar-refractivity contribution in [3.63, 3.8) is 0 Å². The summed E-state index contributed by atoms with van der Waals surface area (Å²) >= 11 is 0. The van der Waals surface area contributed by atoms with Gasteiger partial charge in [0.1, 0.15) is 5.75 Å². The van der Waals surface area contributed by atoms with Crippen LogP contribution in [0.3, 0.4) is 0 Å². The van der Waals surface area contributed by atoms with Crippen molar-refractivity contribution in [2.45, 2.75) is 64.3 Å². The molecule has 10 nitrogen and oxygen atoms in total. The summed E-state index contributed by atoms with van der Waals surface area (Å²) in [6.45, 7) is 3.32. The molecule has 242 valence electrons. The maximum Gasteiger partial charge on any atom is 0.303 e. The molecular weight excluding hydrogens is 592 g/mol. The molecule has 0 spiro atoms. The maximum absolute atomic E-state index is 14.5. The van der Waals surface area contributed by atoms with E-state index in [1.807, 2.05) is 19.2 Å². The summed E-state index contributed by atoms with van der Waals surface area (Å²) < 4.78 is 43.0. The van der Waals surface area contributed by atoms with Gasteiger partial charge in [0.05, 0.1) is 31.4 Å². The summed E-state index contributed by atoms with van der Waals surface area (Å²) in [5.74, 6) is 0.425. The number of nitrogens with zero attached hydrogens (tertiary/aromatic N) is 3. The van der Waals surface area contributed by atoms with Crippen LogP contribution >= 0.6 is 0 Å². The Hall–Kier alpha value is -3.41. The van der Waals surface area contributed by atoms with Gasteiger partial charge in [0.25, 0.3) is 5.91 Å². The van der Waals surface area contributed by atoms with E-state index >= 15 is 0 Å². The van der Waals surface area contributed by atoms with Gasteiger partial charge < -0.3 is 18.9 Å². The largest absolute Gasteiger partial charge is 0.497 e. The first-order valence-corrected chi connectivity index (χ1v) is 17.5. The van der Waals surface area contributed by atoms with Crippen molar-refractivity contribution in [2.24, 2.45) is 5.41 Å². The molecule has 4 bridgehead atoms. The van der Waals surface area contributed by atoms with E-state index in [0.717, 1.165) is 63.5 Å². The third-order valence-corrected chi connectivity index (χ3v) is 11.6. The zero-order chi connectivity index (χ0) is 31.9. The highest BCUT2D eigenvalue weighted by Gasteiger charge is 2.44. The lowest BCUT2D eigenvalue weighted by Gasteiger charge is -2.35. The van der Waals surface area contributed by atoms with Crippen LogP contribution in [0.2, 0.25) is 0 Å². The van der Waals surface area contributed by atoms with Crippen LogP contribution in [-0.2, 0) is 32.7 Å². The second kappa shape index (κ2) is 12.4. The lowest BCUT2D eigenvalue weighted by Crippen LogP contribution is -2.46. The second-order valence-electron chi connectivity index (χ2n) is 12.8. The van der Waals surface area contributed by atoms with Crippen LogP contribution in [0.4, 0.5) is 0 Å². The Balaban J connectivity index is 1.64. The van der Waals surface area contributed by atoms with E-state index in [2.05, 4.69) is 28.3 Å². The number of ether oxygens (including phenoxy) is 2. The summed E-state index contributed by atoms with van der Waals surface area (Å²) in [6.07, 6.45) is 6.82. The van der Waals surface area contributed by atoms with E-state index in [1.165, 1.54) is 19.0 Å². The molecule has 45 heavy (non-hydrogen) atoms. The summed E-state index contributed by atoms with van der Waals surface area (Å²) in [7, 11) is 0.795. The summed E-state index contributed by atoms with van der Waals surface area (Å²) in [5.41, 5.74) is 4.80. The Morgan fingerprint density at radius 1 is 1.02 bits per heavy atom. The van der Waals surface area contributed by atoms with Gasteiger partial charge in [-0.15, -0.1) is 0 Å². The van der Waals surface area contributed by atoms with Gasteiger partial charge in [0.15, 0.2) is 0 Å². The Bertz CT molecular complexity index is 1730. The highest BCUT2D eigenvalue weighted by molar-refractivity contribution is 7.87. The minimum absolute atomic E-state index is 0.0363. The van der Waals surface area contributed by atoms with E-state index < -0.39 is 21.5 Å². The molecule has 2 amide bonds. The van der Waals surface area contributed by atoms with Crippen molar-refractivity contribution >= 4 is 32.9 Å². The lowest BCUT2D eigenvalue weighted by molar-refractivity contribution is -0.142. The predicted octanol–water partition coefficient (Wildman–Crippen LogP) is 4.71. The number of rotatable bonds is 3. The number of aromatic nitrogens is 1. The second-order valence-corrected chi connectivity index (χ2v) is 14.6. The van der Waals surface area contributed by atoms with Gasteiger partial charge in [0.2, 0.25) is 5.91 Å².